The summed E-state index contributed by atoms with van der Waals surface area (Å²) >= 11 is 0. The van der Waals surface area contributed by atoms with Gasteiger partial charge in [-0.3, -0.25) is 14.7 Å². The minimum absolute atomic E-state index is 0.0380. The lowest BCUT2D eigenvalue weighted by Crippen LogP contribution is -2.47. The Morgan fingerprint density at radius 2 is 1.92 bits per heavy atom. The zero-order chi connectivity index (χ0) is 18.9. The summed E-state index contributed by atoms with van der Waals surface area (Å²) in [5.41, 5.74) is 0. The van der Waals surface area contributed by atoms with Crippen LogP contribution in [0.1, 0.15) is 32.6 Å². The number of ether oxygens (including phenoxy) is 1. The Balaban J connectivity index is 2.28. The summed E-state index contributed by atoms with van der Waals surface area (Å²) in [5.74, 6) is 0.403. The van der Waals surface area contributed by atoms with Crippen LogP contribution >= 0.6 is 0 Å². The van der Waals surface area contributed by atoms with E-state index in [-0.39, 0.29) is 24.5 Å². The normalized spacial score (nSPS) is 22.0. The van der Waals surface area contributed by atoms with Crippen LogP contribution in [0.5, 0.6) is 0 Å². The fourth-order valence-electron chi connectivity index (χ4n) is 2.87. The van der Waals surface area contributed by atoms with Crippen LogP contribution in [0.15, 0.2) is 4.99 Å². The molecular formula is C16H29F3N4O2. The first-order valence-electron chi connectivity index (χ1n) is 8.64. The van der Waals surface area contributed by atoms with Crippen LogP contribution in [0.4, 0.5) is 13.2 Å². The third kappa shape index (κ3) is 8.94. The first-order valence-corrected chi connectivity index (χ1v) is 8.64. The fraction of sp³-hybridized carbons (Fsp3) is 0.875. The molecule has 1 saturated carbocycles. The van der Waals surface area contributed by atoms with Gasteiger partial charge in [-0.15, -0.1) is 0 Å². The zero-order valence-corrected chi connectivity index (χ0v) is 15.2. The molecule has 0 heterocycles. The molecule has 1 aliphatic rings. The molecule has 1 fully saturated rings. The van der Waals surface area contributed by atoms with Crippen molar-refractivity contribution in [3.8, 4) is 0 Å². The maximum Gasteiger partial charge on any atom is 0.401 e. The first kappa shape index (κ1) is 21.5. The van der Waals surface area contributed by atoms with Crippen LogP contribution in [-0.4, -0.2) is 69.4 Å². The molecule has 146 valence electrons. The maximum absolute atomic E-state index is 12.3. The molecule has 0 amide bonds. The predicted molar refractivity (Wildman–Crippen MR) is 90.4 cm³/mol. The van der Waals surface area contributed by atoms with Crippen LogP contribution in [0.25, 0.3) is 0 Å². The molecule has 1 rings (SSSR count). The predicted octanol–water partition coefficient (Wildman–Crippen LogP) is 1.77. The van der Waals surface area contributed by atoms with Crippen molar-refractivity contribution in [2.24, 2.45) is 10.9 Å². The molecule has 9 heteroatoms. The summed E-state index contributed by atoms with van der Waals surface area (Å²) in [5, 5.41) is 6.29. The maximum atomic E-state index is 12.3. The summed E-state index contributed by atoms with van der Waals surface area (Å²) in [7, 11) is 3.06. The largest absolute Gasteiger partial charge is 0.466 e. The average molecular weight is 366 g/mol. The van der Waals surface area contributed by atoms with Gasteiger partial charge >= 0.3 is 12.1 Å². The summed E-state index contributed by atoms with van der Waals surface area (Å²) in [6.07, 6.45) is -0.994. The highest BCUT2D eigenvalue weighted by molar-refractivity contribution is 5.80. The quantitative estimate of drug-likeness (QED) is 0.408. The number of aliphatic imine (C=N–C) groups is 1. The van der Waals surface area contributed by atoms with E-state index in [2.05, 4.69) is 15.6 Å². The number of guanidine groups is 1. The number of halogens is 3. The van der Waals surface area contributed by atoms with Gasteiger partial charge in [-0.2, -0.15) is 13.2 Å². The van der Waals surface area contributed by atoms with E-state index in [4.69, 9.17) is 4.74 Å². The molecule has 0 saturated heterocycles. The minimum Gasteiger partial charge on any atom is -0.466 e. The molecular weight excluding hydrogens is 337 g/mol. The SMILES string of the molecule is CCOC(=O)C1CCC(NC(=NC)NCCN(C)CC(F)(F)F)CC1. The Labute approximate surface area is 147 Å². The van der Waals surface area contributed by atoms with Crippen molar-refractivity contribution in [3.63, 3.8) is 0 Å². The molecule has 0 spiro atoms. The van der Waals surface area contributed by atoms with Gasteiger partial charge in [-0.25, -0.2) is 0 Å². The molecule has 6 nitrogen and oxygen atoms in total. The van der Waals surface area contributed by atoms with Crippen molar-refractivity contribution in [2.75, 3.05) is 40.3 Å². The van der Waals surface area contributed by atoms with E-state index in [0.717, 1.165) is 25.7 Å². The van der Waals surface area contributed by atoms with Crippen LogP contribution in [0, 0.1) is 5.92 Å². The lowest BCUT2D eigenvalue weighted by Gasteiger charge is -2.29. The van der Waals surface area contributed by atoms with Crippen molar-refractivity contribution >= 4 is 11.9 Å². The molecule has 0 atom stereocenters. The number of nitrogens with one attached hydrogen (secondary N) is 2. The number of carbonyl (C=O) groups is 1. The van der Waals surface area contributed by atoms with E-state index >= 15 is 0 Å². The molecule has 2 N–H and O–H groups in total. The van der Waals surface area contributed by atoms with Gasteiger partial charge < -0.3 is 15.4 Å². The molecule has 1 aliphatic carbocycles. The number of esters is 1. The number of carbonyl (C=O) groups excluding carboxylic acids is 1. The molecule has 0 aliphatic heterocycles. The second kappa shape index (κ2) is 10.5. The minimum atomic E-state index is -4.19. The molecule has 0 bridgehead atoms. The van der Waals surface area contributed by atoms with Gasteiger partial charge in [0.05, 0.1) is 19.1 Å². The van der Waals surface area contributed by atoms with Gasteiger partial charge in [-0.05, 0) is 39.7 Å². The van der Waals surface area contributed by atoms with Crippen molar-refractivity contribution in [2.45, 2.75) is 44.8 Å². The van der Waals surface area contributed by atoms with Gasteiger partial charge in [0.15, 0.2) is 5.96 Å². The highest BCUT2D eigenvalue weighted by atomic mass is 19.4. The van der Waals surface area contributed by atoms with Crippen LogP contribution in [0.2, 0.25) is 0 Å². The zero-order valence-electron chi connectivity index (χ0n) is 15.2. The average Bonchev–Trinajstić information content (AvgIpc) is 2.53. The van der Waals surface area contributed by atoms with Gasteiger partial charge in [-0.1, -0.05) is 0 Å². The number of rotatable bonds is 7. The Morgan fingerprint density at radius 3 is 2.44 bits per heavy atom. The van der Waals surface area contributed by atoms with Gasteiger partial charge in [0.2, 0.25) is 0 Å². The molecule has 0 unspecified atom stereocenters. The molecule has 0 aromatic rings. The Kier molecular flexibility index (Phi) is 9.02. The molecule has 0 aromatic heterocycles. The number of hydrogen-bond acceptors (Lipinski definition) is 4. The lowest BCUT2D eigenvalue weighted by atomic mass is 9.86. The lowest BCUT2D eigenvalue weighted by molar-refractivity contribution is -0.149. The van der Waals surface area contributed by atoms with E-state index < -0.39 is 12.7 Å². The molecule has 0 radical (unpaired) electrons. The topological polar surface area (TPSA) is 66.0 Å². The number of hydrogen-bond donors (Lipinski definition) is 2. The van der Waals surface area contributed by atoms with E-state index in [1.807, 2.05) is 0 Å². The standard InChI is InChI=1S/C16H29F3N4O2/c1-4-25-14(24)12-5-7-13(8-6-12)22-15(20-2)21-9-10-23(3)11-16(17,18)19/h12-13H,4-11H2,1-3H3,(H2,20,21,22). The second-order valence-corrected chi connectivity index (χ2v) is 6.30. The van der Waals surface area contributed by atoms with E-state index in [0.29, 0.717) is 19.1 Å². The third-order valence-electron chi connectivity index (χ3n) is 4.15. The van der Waals surface area contributed by atoms with Crippen molar-refractivity contribution in [3.05, 3.63) is 0 Å². The summed E-state index contributed by atoms with van der Waals surface area (Å²) in [6, 6.07) is 0.199. The van der Waals surface area contributed by atoms with Crippen molar-refractivity contribution in [1.29, 1.82) is 0 Å². The Bertz CT molecular complexity index is 436. The third-order valence-corrected chi connectivity index (χ3v) is 4.15. The number of alkyl halides is 3. The Morgan fingerprint density at radius 1 is 1.28 bits per heavy atom. The highest BCUT2D eigenvalue weighted by Gasteiger charge is 2.29. The number of likely N-dealkylation sites (N-methyl/N-ethyl adjacent to an activating group) is 1. The smallest absolute Gasteiger partial charge is 0.401 e. The van der Waals surface area contributed by atoms with E-state index in [1.54, 1.807) is 14.0 Å². The van der Waals surface area contributed by atoms with Crippen LogP contribution in [0.3, 0.4) is 0 Å². The van der Waals surface area contributed by atoms with E-state index in [9.17, 15) is 18.0 Å². The van der Waals surface area contributed by atoms with Crippen LogP contribution in [-0.2, 0) is 9.53 Å². The first-order chi connectivity index (χ1) is 11.7. The summed E-state index contributed by atoms with van der Waals surface area (Å²) in [6.45, 7) is 1.89. The van der Waals surface area contributed by atoms with Gasteiger partial charge in [0, 0.05) is 26.2 Å². The Hall–Kier alpha value is -1.51. The van der Waals surface area contributed by atoms with Gasteiger partial charge in [0.25, 0.3) is 0 Å². The van der Waals surface area contributed by atoms with Crippen molar-refractivity contribution in [1.82, 2.24) is 15.5 Å². The van der Waals surface area contributed by atoms with Crippen molar-refractivity contribution < 1.29 is 22.7 Å². The van der Waals surface area contributed by atoms with E-state index in [1.165, 1.54) is 11.9 Å². The molecule has 0 aromatic carbocycles. The summed E-state index contributed by atoms with van der Waals surface area (Å²) in [4.78, 5) is 17.0. The molecule has 25 heavy (non-hydrogen) atoms. The number of nitrogens with zero attached hydrogens (tertiary/aromatic N) is 2. The van der Waals surface area contributed by atoms with Gasteiger partial charge in [0.1, 0.15) is 0 Å². The highest BCUT2D eigenvalue weighted by Crippen LogP contribution is 2.25. The second-order valence-electron chi connectivity index (χ2n) is 6.30. The van der Waals surface area contributed by atoms with Crippen LogP contribution < -0.4 is 10.6 Å². The monoisotopic (exact) mass is 366 g/mol. The summed E-state index contributed by atoms with van der Waals surface area (Å²) < 4.78 is 41.9. The fourth-order valence-corrected chi connectivity index (χ4v) is 2.87.